The Morgan fingerprint density at radius 2 is 1.48 bits per heavy atom. The molecule has 1 unspecified atom stereocenters. The molecule has 0 amide bonds. The molecule has 120 valence electrons. The van der Waals surface area contributed by atoms with E-state index in [2.05, 4.69) is 24.4 Å². The quantitative estimate of drug-likeness (QED) is 0.455. The molecule has 21 heavy (non-hydrogen) atoms. The van der Waals surface area contributed by atoms with E-state index in [9.17, 15) is 0 Å². The first-order valence-electron chi connectivity index (χ1n) is 8.68. The molecule has 0 aromatic heterocycles. The van der Waals surface area contributed by atoms with E-state index < -0.39 is 0 Å². The van der Waals surface area contributed by atoms with Gasteiger partial charge in [-0.15, -0.1) is 0 Å². The van der Waals surface area contributed by atoms with Crippen molar-refractivity contribution < 1.29 is 0 Å². The molecule has 0 heterocycles. The minimum Gasteiger partial charge on any atom is -0.319 e. The first-order valence-corrected chi connectivity index (χ1v) is 9.05. The van der Waals surface area contributed by atoms with Gasteiger partial charge in [-0.25, -0.2) is 0 Å². The van der Waals surface area contributed by atoms with E-state index in [-0.39, 0.29) is 0 Å². The summed E-state index contributed by atoms with van der Waals surface area (Å²) in [5.41, 5.74) is 1.41. The Balaban J connectivity index is 2.21. The average molecular weight is 310 g/mol. The first kappa shape index (κ1) is 18.5. The Bertz CT molecular complexity index is 347. The molecule has 0 aliphatic rings. The third-order valence-electron chi connectivity index (χ3n) is 4.20. The minimum atomic E-state index is 0.618. The van der Waals surface area contributed by atoms with Crippen LogP contribution >= 0.6 is 11.6 Å². The fourth-order valence-corrected chi connectivity index (χ4v) is 3.02. The predicted molar refractivity (Wildman–Crippen MR) is 95.3 cm³/mol. The van der Waals surface area contributed by atoms with Gasteiger partial charge in [-0.2, -0.15) is 0 Å². The fourth-order valence-electron chi connectivity index (χ4n) is 2.89. The van der Waals surface area contributed by atoms with Gasteiger partial charge >= 0.3 is 0 Å². The fraction of sp³-hybridized carbons (Fsp3) is 0.684. The molecule has 1 rings (SSSR count). The van der Waals surface area contributed by atoms with Gasteiger partial charge in [-0.05, 0) is 37.1 Å². The van der Waals surface area contributed by atoms with Crippen LogP contribution in [0.25, 0.3) is 0 Å². The van der Waals surface area contributed by atoms with Crippen LogP contribution in [-0.4, -0.2) is 13.6 Å². The number of halogens is 1. The first-order chi connectivity index (χ1) is 10.3. The summed E-state index contributed by atoms with van der Waals surface area (Å²) in [6.07, 6.45) is 12.4. The summed E-state index contributed by atoms with van der Waals surface area (Å²) >= 11 is 5.98. The second-order valence-electron chi connectivity index (χ2n) is 6.07. The lowest BCUT2D eigenvalue weighted by atomic mass is 9.93. The van der Waals surface area contributed by atoms with Gasteiger partial charge in [-0.1, -0.05) is 82.0 Å². The van der Waals surface area contributed by atoms with Crippen molar-refractivity contribution >= 4 is 11.6 Å². The van der Waals surface area contributed by atoms with Gasteiger partial charge < -0.3 is 5.32 Å². The maximum atomic E-state index is 5.98. The van der Waals surface area contributed by atoms with E-state index in [1.54, 1.807) is 0 Å². The van der Waals surface area contributed by atoms with Crippen LogP contribution in [0, 0.1) is 0 Å². The number of hydrogen-bond donors (Lipinski definition) is 1. The Hall–Kier alpha value is -0.530. The van der Waals surface area contributed by atoms with Crippen LogP contribution in [0.4, 0.5) is 0 Å². The van der Waals surface area contributed by atoms with Crippen molar-refractivity contribution in [1.82, 2.24) is 5.32 Å². The Morgan fingerprint density at radius 1 is 0.905 bits per heavy atom. The summed E-state index contributed by atoms with van der Waals surface area (Å²) in [6.45, 7) is 3.33. The molecule has 2 heteroatoms. The van der Waals surface area contributed by atoms with E-state index in [4.69, 9.17) is 11.6 Å². The summed E-state index contributed by atoms with van der Waals surface area (Å²) in [4.78, 5) is 0. The van der Waals surface area contributed by atoms with E-state index in [0.717, 1.165) is 11.6 Å². The van der Waals surface area contributed by atoms with Crippen molar-refractivity contribution in [2.24, 2.45) is 0 Å². The zero-order valence-electron chi connectivity index (χ0n) is 13.8. The number of benzene rings is 1. The number of nitrogens with one attached hydrogen (secondary N) is 1. The van der Waals surface area contributed by atoms with Crippen LogP contribution in [0.3, 0.4) is 0 Å². The van der Waals surface area contributed by atoms with Crippen LogP contribution in [0.2, 0.25) is 5.02 Å². The maximum absolute atomic E-state index is 5.98. The highest BCUT2D eigenvalue weighted by atomic mass is 35.5. The molecule has 0 aliphatic heterocycles. The van der Waals surface area contributed by atoms with Crippen molar-refractivity contribution in [2.75, 3.05) is 13.6 Å². The minimum absolute atomic E-state index is 0.618. The lowest BCUT2D eigenvalue weighted by Gasteiger charge is -2.17. The largest absolute Gasteiger partial charge is 0.319 e. The zero-order chi connectivity index (χ0) is 15.3. The summed E-state index contributed by atoms with van der Waals surface area (Å²) in [5, 5.41) is 4.15. The van der Waals surface area contributed by atoms with Crippen molar-refractivity contribution in [3.63, 3.8) is 0 Å². The average Bonchev–Trinajstić information content (AvgIpc) is 2.50. The molecular weight excluding hydrogens is 278 g/mol. The second-order valence-corrected chi connectivity index (χ2v) is 6.51. The molecule has 0 fully saturated rings. The molecule has 1 aromatic carbocycles. The Morgan fingerprint density at radius 3 is 2.05 bits per heavy atom. The third kappa shape index (κ3) is 8.48. The van der Waals surface area contributed by atoms with Crippen molar-refractivity contribution in [2.45, 2.75) is 70.6 Å². The van der Waals surface area contributed by atoms with Gasteiger partial charge in [0.2, 0.25) is 0 Å². The molecule has 1 atom stereocenters. The molecule has 0 saturated carbocycles. The smallest absolute Gasteiger partial charge is 0.0406 e. The highest BCUT2D eigenvalue weighted by Crippen LogP contribution is 2.24. The topological polar surface area (TPSA) is 12.0 Å². The van der Waals surface area contributed by atoms with Crippen LogP contribution < -0.4 is 5.32 Å². The molecule has 1 N–H and O–H groups in total. The van der Waals surface area contributed by atoms with E-state index in [0.29, 0.717) is 5.92 Å². The highest BCUT2D eigenvalue weighted by Gasteiger charge is 2.10. The molecular formula is C19H32ClN. The Labute approximate surface area is 136 Å². The van der Waals surface area contributed by atoms with Gasteiger partial charge in [0, 0.05) is 11.6 Å². The normalized spacial score (nSPS) is 12.5. The lowest BCUT2D eigenvalue weighted by Crippen LogP contribution is -2.17. The van der Waals surface area contributed by atoms with Crippen LogP contribution in [0.1, 0.15) is 76.2 Å². The summed E-state index contributed by atoms with van der Waals surface area (Å²) in [7, 11) is 2.04. The van der Waals surface area contributed by atoms with Crippen molar-refractivity contribution in [1.29, 1.82) is 0 Å². The van der Waals surface area contributed by atoms with Crippen LogP contribution in [0.15, 0.2) is 24.3 Å². The lowest BCUT2D eigenvalue weighted by molar-refractivity contribution is 0.516. The van der Waals surface area contributed by atoms with Gasteiger partial charge in [0.1, 0.15) is 0 Å². The van der Waals surface area contributed by atoms with Crippen LogP contribution in [0.5, 0.6) is 0 Å². The standard InChI is InChI=1S/C19H32ClN/c1-3-4-5-6-7-8-9-10-11-18(16-21-2)17-12-14-19(20)15-13-17/h12-15,18,21H,3-11,16H2,1-2H3. The number of likely N-dealkylation sites (N-methyl/N-ethyl adjacent to an activating group) is 1. The van der Waals surface area contributed by atoms with Crippen molar-refractivity contribution in [3.05, 3.63) is 34.9 Å². The van der Waals surface area contributed by atoms with E-state index in [1.807, 2.05) is 19.2 Å². The molecule has 0 aliphatic carbocycles. The number of rotatable bonds is 12. The SMILES string of the molecule is CCCCCCCCCCC(CNC)c1ccc(Cl)cc1. The monoisotopic (exact) mass is 309 g/mol. The Kier molecular flexibility index (Phi) is 10.6. The van der Waals surface area contributed by atoms with E-state index >= 15 is 0 Å². The maximum Gasteiger partial charge on any atom is 0.0406 e. The molecule has 0 saturated heterocycles. The van der Waals surface area contributed by atoms with Crippen molar-refractivity contribution in [3.8, 4) is 0 Å². The summed E-state index contributed by atoms with van der Waals surface area (Å²) < 4.78 is 0. The summed E-state index contributed by atoms with van der Waals surface area (Å²) in [6, 6.07) is 8.37. The molecule has 1 nitrogen and oxygen atoms in total. The van der Waals surface area contributed by atoms with Gasteiger partial charge in [-0.3, -0.25) is 0 Å². The molecule has 1 aromatic rings. The zero-order valence-corrected chi connectivity index (χ0v) is 14.6. The second kappa shape index (κ2) is 12.1. The highest BCUT2D eigenvalue weighted by molar-refractivity contribution is 6.30. The number of unbranched alkanes of at least 4 members (excludes halogenated alkanes) is 7. The summed E-state index contributed by atoms with van der Waals surface area (Å²) in [5.74, 6) is 0.618. The number of hydrogen-bond acceptors (Lipinski definition) is 1. The molecule has 0 bridgehead atoms. The molecule has 0 spiro atoms. The van der Waals surface area contributed by atoms with Crippen LogP contribution in [-0.2, 0) is 0 Å². The predicted octanol–water partition coefficient (Wildman–Crippen LogP) is 6.17. The van der Waals surface area contributed by atoms with E-state index in [1.165, 1.54) is 63.4 Å². The van der Waals surface area contributed by atoms with Gasteiger partial charge in [0.05, 0.1) is 0 Å². The third-order valence-corrected chi connectivity index (χ3v) is 4.45. The van der Waals surface area contributed by atoms with Gasteiger partial charge in [0.25, 0.3) is 0 Å². The van der Waals surface area contributed by atoms with Gasteiger partial charge in [0.15, 0.2) is 0 Å². The molecule has 0 radical (unpaired) electrons.